The number of aryl methyl sites for hydroxylation is 1. The molecule has 0 saturated carbocycles. The van der Waals surface area contributed by atoms with Gasteiger partial charge in [0.1, 0.15) is 11.0 Å². The number of amides is 2. The van der Waals surface area contributed by atoms with Gasteiger partial charge in [0.2, 0.25) is 5.91 Å². The molecule has 0 spiro atoms. The third-order valence-electron chi connectivity index (χ3n) is 5.43. The van der Waals surface area contributed by atoms with E-state index >= 15 is 0 Å². The summed E-state index contributed by atoms with van der Waals surface area (Å²) in [5.74, 6) is 0.393. The van der Waals surface area contributed by atoms with E-state index in [0.717, 1.165) is 16.0 Å². The number of benzene rings is 4. The van der Waals surface area contributed by atoms with E-state index in [1.165, 1.54) is 11.8 Å². The zero-order chi connectivity index (χ0) is 24.6. The maximum absolute atomic E-state index is 13.3. The summed E-state index contributed by atoms with van der Waals surface area (Å²) in [6.45, 7) is 1.91. The van der Waals surface area contributed by atoms with Gasteiger partial charge >= 0.3 is 0 Å². The van der Waals surface area contributed by atoms with Crippen LogP contribution in [0.25, 0.3) is 0 Å². The number of hydrogen-bond acceptors (Lipinski definition) is 4. The molecule has 1 unspecified atom stereocenters. The fraction of sp³-hybridized carbons (Fsp3) is 0.103. The molecular weight excluding hydrogens is 456 g/mol. The van der Waals surface area contributed by atoms with Gasteiger partial charge in [0.25, 0.3) is 5.91 Å². The van der Waals surface area contributed by atoms with E-state index in [9.17, 15) is 9.59 Å². The van der Waals surface area contributed by atoms with Gasteiger partial charge in [0.15, 0.2) is 0 Å². The number of methoxy groups -OCH3 is 1. The molecule has 0 aliphatic carbocycles. The first-order chi connectivity index (χ1) is 17.0. The van der Waals surface area contributed by atoms with Crippen molar-refractivity contribution in [3.63, 3.8) is 0 Å². The Bertz CT molecular complexity index is 1310. The predicted molar refractivity (Wildman–Crippen MR) is 142 cm³/mol. The number of ether oxygens (including phenoxy) is 1. The van der Waals surface area contributed by atoms with Crippen molar-refractivity contribution in [3.05, 3.63) is 120 Å². The molecule has 2 amide bonds. The van der Waals surface area contributed by atoms with Crippen LogP contribution in [0.2, 0.25) is 0 Å². The molecule has 5 nitrogen and oxygen atoms in total. The summed E-state index contributed by atoms with van der Waals surface area (Å²) in [5.41, 5.74) is 3.83. The van der Waals surface area contributed by atoms with E-state index in [0.29, 0.717) is 22.7 Å². The third kappa shape index (κ3) is 6.31. The van der Waals surface area contributed by atoms with Gasteiger partial charge < -0.3 is 15.4 Å². The summed E-state index contributed by atoms with van der Waals surface area (Å²) in [4.78, 5) is 26.8. The van der Waals surface area contributed by atoms with E-state index in [1.54, 1.807) is 19.2 Å². The average Bonchev–Trinajstić information content (AvgIpc) is 2.89. The topological polar surface area (TPSA) is 67.4 Å². The van der Waals surface area contributed by atoms with Gasteiger partial charge in [-0.25, -0.2) is 0 Å². The molecule has 0 aliphatic heterocycles. The van der Waals surface area contributed by atoms with Crippen molar-refractivity contribution in [3.8, 4) is 5.75 Å². The summed E-state index contributed by atoms with van der Waals surface area (Å²) in [6.07, 6.45) is 0. The summed E-state index contributed by atoms with van der Waals surface area (Å²) in [5, 5.41) is 5.47. The molecule has 0 fully saturated rings. The highest BCUT2D eigenvalue weighted by Gasteiger charge is 2.22. The molecule has 176 valence electrons. The van der Waals surface area contributed by atoms with Gasteiger partial charge in [-0.3, -0.25) is 9.59 Å². The van der Waals surface area contributed by atoms with Crippen LogP contribution in [-0.2, 0) is 4.79 Å². The molecule has 4 rings (SSSR count). The lowest BCUT2D eigenvalue weighted by molar-refractivity contribution is -0.115. The Labute approximate surface area is 209 Å². The van der Waals surface area contributed by atoms with Crippen LogP contribution in [0.3, 0.4) is 0 Å². The summed E-state index contributed by atoms with van der Waals surface area (Å²) < 4.78 is 5.26. The molecule has 0 saturated heterocycles. The van der Waals surface area contributed by atoms with E-state index in [-0.39, 0.29) is 11.8 Å². The van der Waals surface area contributed by atoms with Crippen molar-refractivity contribution in [2.24, 2.45) is 0 Å². The maximum atomic E-state index is 13.3. The Balaban J connectivity index is 1.49. The van der Waals surface area contributed by atoms with Crippen molar-refractivity contribution in [2.75, 3.05) is 17.7 Å². The van der Waals surface area contributed by atoms with Crippen LogP contribution in [0.1, 0.15) is 26.7 Å². The van der Waals surface area contributed by atoms with Crippen LogP contribution >= 0.6 is 11.8 Å². The first-order valence-corrected chi connectivity index (χ1v) is 12.0. The highest BCUT2D eigenvalue weighted by atomic mass is 32.2. The number of rotatable bonds is 8. The minimum absolute atomic E-state index is 0.133. The smallest absolute Gasteiger partial charge is 0.255 e. The Kier molecular flexibility index (Phi) is 7.85. The van der Waals surface area contributed by atoms with E-state index in [4.69, 9.17) is 4.74 Å². The fourth-order valence-electron chi connectivity index (χ4n) is 3.59. The normalized spacial score (nSPS) is 11.4. The molecule has 2 N–H and O–H groups in total. The van der Waals surface area contributed by atoms with Crippen molar-refractivity contribution >= 4 is 35.0 Å². The van der Waals surface area contributed by atoms with Crippen LogP contribution in [0, 0.1) is 6.92 Å². The molecule has 0 heterocycles. The molecular formula is C29H26N2O3S. The average molecular weight is 483 g/mol. The minimum Gasteiger partial charge on any atom is -0.497 e. The standard InChI is InChI=1S/C29H26N2O3S/c1-20-9-6-7-14-26(20)28(32)30-22-15-17-25(18-16-22)35-27(21-10-4-3-5-11-21)29(33)31-23-12-8-13-24(19-23)34-2/h3-19,27H,1-2H3,(H,30,32)(H,31,33). The zero-order valence-corrected chi connectivity index (χ0v) is 20.3. The van der Waals surface area contributed by atoms with Crippen LogP contribution in [0.4, 0.5) is 11.4 Å². The van der Waals surface area contributed by atoms with Gasteiger partial charge in [-0.15, -0.1) is 11.8 Å². The zero-order valence-electron chi connectivity index (χ0n) is 19.5. The molecule has 4 aromatic carbocycles. The largest absolute Gasteiger partial charge is 0.497 e. The highest BCUT2D eigenvalue weighted by Crippen LogP contribution is 2.37. The van der Waals surface area contributed by atoms with Crippen molar-refractivity contribution < 1.29 is 14.3 Å². The third-order valence-corrected chi connectivity index (χ3v) is 6.70. The summed E-state index contributed by atoms with van der Waals surface area (Å²) in [7, 11) is 1.59. The van der Waals surface area contributed by atoms with Gasteiger partial charge in [-0.2, -0.15) is 0 Å². The Morgan fingerprint density at radius 1 is 0.771 bits per heavy atom. The lowest BCUT2D eigenvalue weighted by Gasteiger charge is -2.18. The molecule has 0 bridgehead atoms. The summed E-state index contributed by atoms with van der Waals surface area (Å²) >= 11 is 1.45. The van der Waals surface area contributed by atoms with Crippen molar-refractivity contribution in [1.82, 2.24) is 0 Å². The van der Waals surface area contributed by atoms with Gasteiger partial charge in [0.05, 0.1) is 7.11 Å². The van der Waals surface area contributed by atoms with Gasteiger partial charge in [-0.05, 0) is 60.5 Å². The second-order valence-electron chi connectivity index (χ2n) is 7.92. The Morgan fingerprint density at radius 3 is 2.20 bits per heavy atom. The first-order valence-electron chi connectivity index (χ1n) is 11.2. The van der Waals surface area contributed by atoms with E-state index in [2.05, 4.69) is 10.6 Å². The minimum atomic E-state index is -0.463. The van der Waals surface area contributed by atoms with Crippen LogP contribution in [-0.4, -0.2) is 18.9 Å². The number of carbonyl (C=O) groups is 2. The molecule has 0 aliphatic rings. The van der Waals surface area contributed by atoms with Crippen LogP contribution in [0.15, 0.2) is 108 Å². The molecule has 4 aromatic rings. The monoisotopic (exact) mass is 482 g/mol. The number of nitrogens with one attached hydrogen (secondary N) is 2. The Morgan fingerprint density at radius 2 is 1.49 bits per heavy atom. The molecule has 35 heavy (non-hydrogen) atoms. The van der Waals surface area contributed by atoms with Crippen LogP contribution < -0.4 is 15.4 Å². The Hall–Kier alpha value is -4.03. The van der Waals surface area contributed by atoms with E-state index in [1.807, 2.05) is 97.9 Å². The molecule has 0 aromatic heterocycles. The van der Waals surface area contributed by atoms with Crippen molar-refractivity contribution in [1.29, 1.82) is 0 Å². The van der Waals surface area contributed by atoms with E-state index < -0.39 is 5.25 Å². The van der Waals surface area contributed by atoms with Gasteiger partial charge in [-0.1, -0.05) is 54.6 Å². The lowest BCUT2D eigenvalue weighted by Crippen LogP contribution is -2.19. The number of hydrogen-bond donors (Lipinski definition) is 2. The number of carbonyl (C=O) groups excluding carboxylic acids is 2. The van der Waals surface area contributed by atoms with Gasteiger partial charge in [0, 0.05) is 27.9 Å². The predicted octanol–water partition coefficient (Wildman–Crippen LogP) is 6.73. The molecule has 6 heteroatoms. The first kappa shape index (κ1) is 24.1. The quantitative estimate of drug-likeness (QED) is 0.273. The fourth-order valence-corrected chi connectivity index (χ4v) is 4.61. The molecule has 1 atom stereocenters. The maximum Gasteiger partial charge on any atom is 0.255 e. The lowest BCUT2D eigenvalue weighted by atomic mass is 10.1. The van der Waals surface area contributed by atoms with Crippen molar-refractivity contribution in [2.45, 2.75) is 17.1 Å². The second kappa shape index (κ2) is 11.4. The van der Waals surface area contributed by atoms with Crippen LogP contribution in [0.5, 0.6) is 5.75 Å². The second-order valence-corrected chi connectivity index (χ2v) is 9.10. The molecule has 0 radical (unpaired) electrons. The highest BCUT2D eigenvalue weighted by molar-refractivity contribution is 8.00. The SMILES string of the molecule is COc1cccc(NC(=O)C(Sc2ccc(NC(=O)c3ccccc3C)cc2)c2ccccc2)c1. The number of anilines is 2. The number of thioether (sulfide) groups is 1. The summed E-state index contributed by atoms with van der Waals surface area (Å²) in [6, 6.07) is 31.9.